The first-order valence-electron chi connectivity index (χ1n) is 8.16. The van der Waals surface area contributed by atoms with Crippen molar-refractivity contribution in [3.63, 3.8) is 0 Å². The largest absolute Gasteiger partial charge is 0.505 e. The third kappa shape index (κ3) is 3.93. The Morgan fingerprint density at radius 2 is 1.83 bits per heavy atom. The van der Waals surface area contributed by atoms with Crippen molar-refractivity contribution in [2.24, 2.45) is 10.2 Å². The van der Waals surface area contributed by atoms with Crippen molar-refractivity contribution in [2.75, 3.05) is 7.11 Å². The van der Waals surface area contributed by atoms with Crippen molar-refractivity contribution in [1.82, 2.24) is 0 Å². The molecule has 3 aromatic rings. The lowest BCUT2D eigenvalue weighted by atomic mass is 10.0. The summed E-state index contributed by atoms with van der Waals surface area (Å²) < 4.78 is 29.0. The summed E-state index contributed by atoms with van der Waals surface area (Å²) in [4.78, 5) is 11.2. The molecule has 0 saturated heterocycles. The number of hydrogen-bond donors (Lipinski definition) is 2. The molecule has 0 amide bonds. The third-order valence-electron chi connectivity index (χ3n) is 4.21. The second-order valence-corrected chi connectivity index (χ2v) is 8.13. The summed E-state index contributed by atoms with van der Waals surface area (Å²) in [6.07, 6.45) is 0. The van der Waals surface area contributed by atoms with Crippen LogP contribution >= 0.6 is 11.6 Å². The van der Waals surface area contributed by atoms with E-state index in [1.54, 1.807) is 31.2 Å². The van der Waals surface area contributed by atoms with E-state index in [1.807, 2.05) is 0 Å². The Kier molecular flexibility index (Phi) is 5.56. The van der Waals surface area contributed by atoms with E-state index >= 15 is 0 Å². The molecule has 0 aliphatic heterocycles. The second-order valence-electron chi connectivity index (χ2n) is 6.04. The van der Waals surface area contributed by atoms with Crippen LogP contribution in [0.4, 0.5) is 11.4 Å². The van der Waals surface area contributed by atoms with Gasteiger partial charge in [0.25, 0.3) is 10.1 Å². The molecule has 3 aromatic carbocycles. The van der Waals surface area contributed by atoms with Gasteiger partial charge in [-0.1, -0.05) is 35.9 Å². The molecule has 2 N–H and O–H groups in total. The van der Waals surface area contributed by atoms with Crippen LogP contribution in [0.25, 0.3) is 10.8 Å². The maximum Gasteiger partial charge on any atom is 0.339 e. The van der Waals surface area contributed by atoms with Crippen LogP contribution < -0.4 is 0 Å². The summed E-state index contributed by atoms with van der Waals surface area (Å²) in [5, 5.41) is 28.8. The molecule has 0 aliphatic rings. The lowest BCUT2D eigenvalue weighted by Gasteiger charge is -2.09. The lowest BCUT2D eigenvalue weighted by Crippen LogP contribution is -2.03. The van der Waals surface area contributed by atoms with E-state index in [1.165, 1.54) is 18.2 Å². The molecule has 3 rings (SSSR count). The number of aromatic carboxylic acids is 1. The summed E-state index contributed by atoms with van der Waals surface area (Å²) in [6, 6.07) is 10.6. The number of aryl methyl sites for hydroxylation is 1. The van der Waals surface area contributed by atoms with Gasteiger partial charge >= 0.3 is 5.97 Å². The predicted molar refractivity (Wildman–Crippen MR) is 107 cm³/mol. The summed E-state index contributed by atoms with van der Waals surface area (Å²) in [7, 11) is -3.11. The van der Waals surface area contributed by atoms with Crippen molar-refractivity contribution < 1.29 is 27.6 Å². The first-order chi connectivity index (χ1) is 13.7. The molecular formula is C19H15ClN2O6S. The Bertz CT molecular complexity index is 1270. The molecule has 0 atom stereocenters. The molecule has 150 valence electrons. The molecular weight excluding hydrogens is 420 g/mol. The van der Waals surface area contributed by atoms with Crippen LogP contribution in [0.1, 0.15) is 15.9 Å². The number of azo groups is 1. The van der Waals surface area contributed by atoms with E-state index in [-0.39, 0.29) is 26.9 Å². The van der Waals surface area contributed by atoms with Crippen LogP contribution in [-0.2, 0) is 14.3 Å². The molecule has 0 radical (unpaired) electrons. The summed E-state index contributed by atoms with van der Waals surface area (Å²) in [5.74, 6) is -1.93. The summed E-state index contributed by atoms with van der Waals surface area (Å²) in [6.45, 7) is 1.62. The first kappa shape index (κ1) is 20.7. The number of carboxylic acid groups (broad SMARTS) is 1. The Morgan fingerprint density at radius 3 is 2.48 bits per heavy atom. The molecule has 0 saturated carbocycles. The van der Waals surface area contributed by atoms with Gasteiger partial charge in [0.05, 0.1) is 7.11 Å². The number of carboxylic acids is 1. The average Bonchev–Trinajstić information content (AvgIpc) is 2.68. The number of fused-ring (bicyclic) bond motifs is 1. The highest BCUT2D eigenvalue weighted by atomic mass is 35.5. The number of hydrogen-bond acceptors (Lipinski definition) is 7. The Labute approximate surface area is 171 Å². The fraction of sp³-hybridized carbons (Fsp3) is 0.105. The highest BCUT2D eigenvalue weighted by Gasteiger charge is 2.21. The SMILES string of the molecule is COS(=O)(=O)c1cc(C)c(Cl)cc1N=Nc1c(O)c(C(=O)O)cc2ccccc12. The summed E-state index contributed by atoms with van der Waals surface area (Å²) >= 11 is 6.09. The summed E-state index contributed by atoms with van der Waals surface area (Å²) in [5.41, 5.74) is -0.101. The normalized spacial score (nSPS) is 12.0. The molecule has 0 fully saturated rings. The zero-order valence-electron chi connectivity index (χ0n) is 15.2. The highest BCUT2D eigenvalue weighted by molar-refractivity contribution is 7.87. The standard InChI is InChI=1S/C19H15ClN2O6S/c1-10-7-16(29(26,27)28-2)15(9-14(10)20)21-22-17-12-6-4-3-5-11(12)8-13(18(17)23)19(24)25/h3-9,23H,1-2H3,(H,24,25). The van der Waals surface area contributed by atoms with Crippen molar-refractivity contribution in [3.05, 3.63) is 58.6 Å². The van der Waals surface area contributed by atoms with Crippen LogP contribution in [0, 0.1) is 6.92 Å². The average molecular weight is 435 g/mol. The monoisotopic (exact) mass is 434 g/mol. The topological polar surface area (TPSA) is 126 Å². The number of phenols is 1. The van der Waals surface area contributed by atoms with E-state index < -0.39 is 21.8 Å². The van der Waals surface area contributed by atoms with Gasteiger partial charge in [0.15, 0.2) is 5.75 Å². The van der Waals surface area contributed by atoms with E-state index in [9.17, 15) is 23.4 Å². The van der Waals surface area contributed by atoms with Crippen LogP contribution in [0.5, 0.6) is 5.75 Å². The van der Waals surface area contributed by atoms with Crippen LogP contribution in [0.2, 0.25) is 5.02 Å². The minimum Gasteiger partial charge on any atom is -0.505 e. The Balaban J connectivity index is 2.27. The van der Waals surface area contributed by atoms with Gasteiger partial charge in [-0.25, -0.2) is 4.79 Å². The van der Waals surface area contributed by atoms with E-state index in [4.69, 9.17) is 11.6 Å². The number of carbonyl (C=O) groups is 1. The molecule has 0 aliphatic carbocycles. The van der Waals surface area contributed by atoms with E-state index in [2.05, 4.69) is 14.4 Å². The fourth-order valence-corrected chi connectivity index (χ4v) is 3.71. The van der Waals surface area contributed by atoms with E-state index in [0.29, 0.717) is 16.3 Å². The minimum absolute atomic E-state index is 0.113. The quantitative estimate of drug-likeness (QED) is 0.432. The van der Waals surface area contributed by atoms with Crippen molar-refractivity contribution in [2.45, 2.75) is 11.8 Å². The van der Waals surface area contributed by atoms with Crippen molar-refractivity contribution in [3.8, 4) is 5.75 Å². The van der Waals surface area contributed by atoms with E-state index in [0.717, 1.165) is 7.11 Å². The molecule has 0 heterocycles. The second kappa shape index (κ2) is 7.78. The molecule has 29 heavy (non-hydrogen) atoms. The van der Waals surface area contributed by atoms with Crippen molar-refractivity contribution >= 4 is 49.8 Å². The lowest BCUT2D eigenvalue weighted by molar-refractivity contribution is 0.0694. The molecule has 8 nitrogen and oxygen atoms in total. The number of benzene rings is 3. The van der Waals surface area contributed by atoms with Gasteiger partial charge in [0, 0.05) is 10.4 Å². The maximum atomic E-state index is 12.2. The number of nitrogens with zero attached hydrogens (tertiary/aromatic N) is 2. The van der Waals surface area contributed by atoms with Gasteiger partial charge < -0.3 is 10.2 Å². The van der Waals surface area contributed by atoms with Crippen LogP contribution in [0.3, 0.4) is 0 Å². The molecule has 0 bridgehead atoms. The third-order valence-corrected chi connectivity index (χ3v) is 5.92. The zero-order valence-corrected chi connectivity index (χ0v) is 16.8. The van der Waals surface area contributed by atoms with Gasteiger partial charge in [-0.05, 0) is 36.1 Å². The predicted octanol–water partition coefficient (Wildman–Crippen LogP) is 4.96. The molecule has 0 spiro atoms. The van der Waals surface area contributed by atoms with Gasteiger partial charge in [-0.2, -0.15) is 8.42 Å². The minimum atomic E-state index is -4.12. The van der Waals surface area contributed by atoms with Crippen LogP contribution in [-0.4, -0.2) is 31.7 Å². The zero-order chi connectivity index (χ0) is 21.3. The molecule has 0 aromatic heterocycles. The first-order valence-corrected chi connectivity index (χ1v) is 9.95. The van der Waals surface area contributed by atoms with Gasteiger partial charge in [0.1, 0.15) is 21.8 Å². The number of rotatable bonds is 5. The van der Waals surface area contributed by atoms with Gasteiger partial charge in [0.2, 0.25) is 0 Å². The Morgan fingerprint density at radius 1 is 1.14 bits per heavy atom. The Hall–Kier alpha value is -3.01. The molecule has 10 heteroatoms. The number of halogens is 1. The number of aromatic hydroxyl groups is 1. The smallest absolute Gasteiger partial charge is 0.339 e. The maximum absolute atomic E-state index is 12.2. The highest BCUT2D eigenvalue weighted by Crippen LogP contribution is 2.40. The van der Waals surface area contributed by atoms with Gasteiger partial charge in [-0.3, -0.25) is 4.18 Å². The fourth-order valence-electron chi connectivity index (χ4n) is 2.70. The molecule has 0 unspecified atom stereocenters. The van der Waals surface area contributed by atoms with Crippen LogP contribution in [0.15, 0.2) is 57.6 Å². The van der Waals surface area contributed by atoms with Gasteiger partial charge in [-0.15, -0.1) is 10.2 Å². The van der Waals surface area contributed by atoms with Crippen molar-refractivity contribution in [1.29, 1.82) is 0 Å².